The van der Waals surface area contributed by atoms with Crippen molar-refractivity contribution in [2.24, 2.45) is 0 Å². The van der Waals surface area contributed by atoms with Crippen molar-refractivity contribution in [1.82, 2.24) is 0 Å². The van der Waals surface area contributed by atoms with E-state index in [0.29, 0.717) is 5.75 Å². The Balaban J connectivity index is 2.40. The molecule has 0 amide bonds. The van der Waals surface area contributed by atoms with Crippen LogP contribution in [0, 0.1) is 0 Å². The molecule has 1 unspecified atom stereocenters. The average molecular weight is 275 g/mol. The van der Waals surface area contributed by atoms with Gasteiger partial charge in [-0.15, -0.1) is 0 Å². The smallest absolute Gasteiger partial charge is 0.306 e. The first-order valence-corrected chi connectivity index (χ1v) is 5.15. The highest BCUT2D eigenvalue weighted by Crippen LogP contribution is 2.17. The van der Waals surface area contributed by atoms with E-state index in [2.05, 4.69) is 15.9 Å². The van der Waals surface area contributed by atoms with Gasteiger partial charge in [-0.05, 0) is 18.2 Å². The number of halogens is 1. The minimum atomic E-state index is -1.04. The number of aliphatic carboxylic acids is 1. The first-order valence-electron chi connectivity index (χ1n) is 4.36. The van der Waals surface area contributed by atoms with E-state index in [1.807, 2.05) is 6.07 Å². The van der Waals surface area contributed by atoms with Crippen LogP contribution in [0.25, 0.3) is 0 Å². The summed E-state index contributed by atoms with van der Waals surface area (Å²) in [6, 6.07) is 7.12. The van der Waals surface area contributed by atoms with Crippen molar-refractivity contribution < 1.29 is 19.7 Å². The van der Waals surface area contributed by atoms with E-state index in [1.165, 1.54) is 0 Å². The second kappa shape index (κ2) is 5.72. The lowest BCUT2D eigenvalue weighted by molar-refractivity contribution is -0.139. The first kappa shape index (κ1) is 12.0. The van der Waals surface area contributed by atoms with Gasteiger partial charge in [0.25, 0.3) is 0 Å². The van der Waals surface area contributed by atoms with Crippen LogP contribution < -0.4 is 4.74 Å². The minimum Gasteiger partial charge on any atom is -0.491 e. The summed E-state index contributed by atoms with van der Waals surface area (Å²) in [7, 11) is 0. The third-order valence-electron chi connectivity index (χ3n) is 1.65. The normalized spacial score (nSPS) is 12.1. The van der Waals surface area contributed by atoms with Gasteiger partial charge in [-0.1, -0.05) is 22.0 Å². The summed E-state index contributed by atoms with van der Waals surface area (Å²) in [5.74, 6) is -0.450. The van der Waals surface area contributed by atoms with Gasteiger partial charge in [0.05, 0.1) is 12.5 Å². The number of benzene rings is 1. The number of aliphatic hydroxyl groups is 1. The van der Waals surface area contributed by atoms with Gasteiger partial charge in [0, 0.05) is 4.47 Å². The molecular weight excluding hydrogens is 264 g/mol. The van der Waals surface area contributed by atoms with Crippen LogP contribution in [0.2, 0.25) is 0 Å². The maximum atomic E-state index is 10.3. The summed E-state index contributed by atoms with van der Waals surface area (Å²) in [5, 5.41) is 17.6. The summed E-state index contributed by atoms with van der Waals surface area (Å²) in [6.07, 6.45) is -1.30. The third kappa shape index (κ3) is 4.80. The number of hydrogen-bond acceptors (Lipinski definition) is 3. The molecule has 1 atom stereocenters. The van der Waals surface area contributed by atoms with Gasteiger partial charge in [0.15, 0.2) is 0 Å². The van der Waals surface area contributed by atoms with E-state index in [4.69, 9.17) is 9.84 Å². The number of carbonyl (C=O) groups is 1. The summed E-state index contributed by atoms with van der Waals surface area (Å²) >= 11 is 3.27. The minimum absolute atomic E-state index is 0.0250. The Bertz CT molecular complexity index is 340. The molecule has 15 heavy (non-hydrogen) atoms. The highest BCUT2D eigenvalue weighted by molar-refractivity contribution is 9.10. The predicted molar refractivity (Wildman–Crippen MR) is 57.9 cm³/mol. The molecule has 1 rings (SSSR count). The zero-order chi connectivity index (χ0) is 11.3. The maximum Gasteiger partial charge on any atom is 0.306 e. The van der Waals surface area contributed by atoms with E-state index < -0.39 is 12.1 Å². The van der Waals surface area contributed by atoms with Gasteiger partial charge in [-0.3, -0.25) is 4.79 Å². The Labute approximate surface area is 95.6 Å². The number of carboxylic acids is 1. The Morgan fingerprint density at radius 3 is 2.87 bits per heavy atom. The highest BCUT2D eigenvalue weighted by Gasteiger charge is 2.09. The van der Waals surface area contributed by atoms with Crippen molar-refractivity contribution in [2.75, 3.05) is 6.61 Å². The molecule has 0 fully saturated rings. The largest absolute Gasteiger partial charge is 0.491 e. The van der Waals surface area contributed by atoms with E-state index in [-0.39, 0.29) is 13.0 Å². The first-order chi connectivity index (χ1) is 7.08. The molecule has 0 aliphatic carbocycles. The fourth-order valence-corrected chi connectivity index (χ4v) is 1.39. The molecule has 0 aliphatic rings. The molecule has 0 saturated heterocycles. The molecule has 4 nitrogen and oxygen atoms in total. The topological polar surface area (TPSA) is 66.8 Å². The lowest BCUT2D eigenvalue weighted by atomic mass is 10.3. The second-order valence-electron chi connectivity index (χ2n) is 3.02. The maximum absolute atomic E-state index is 10.3. The monoisotopic (exact) mass is 274 g/mol. The van der Waals surface area contributed by atoms with Crippen LogP contribution in [0.1, 0.15) is 6.42 Å². The molecule has 0 saturated carbocycles. The summed E-state index contributed by atoms with van der Waals surface area (Å²) in [5.41, 5.74) is 0. The number of carboxylic acid groups (broad SMARTS) is 1. The molecule has 0 radical (unpaired) electrons. The molecule has 0 bridgehead atoms. The second-order valence-corrected chi connectivity index (χ2v) is 3.94. The molecule has 1 aromatic rings. The van der Waals surface area contributed by atoms with Crippen molar-refractivity contribution in [2.45, 2.75) is 12.5 Å². The SMILES string of the molecule is O=C(O)CC(O)COc1cccc(Br)c1. The number of rotatable bonds is 5. The van der Waals surface area contributed by atoms with Crippen LogP contribution in [0.15, 0.2) is 28.7 Å². The van der Waals surface area contributed by atoms with Crippen molar-refractivity contribution in [3.05, 3.63) is 28.7 Å². The molecule has 0 heterocycles. The van der Waals surface area contributed by atoms with Crippen molar-refractivity contribution in [3.63, 3.8) is 0 Å². The van der Waals surface area contributed by atoms with Gasteiger partial charge >= 0.3 is 5.97 Å². The van der Waals surface area contributed by atoms with Crippen LogP contribution in [0.3, 0.4) is 0 Å². The summed E-state index contributed by atoms with van der Waals surface area (Å²) < 4.78 is 6.07. The van der Waals surface area contributed by atoms with Gasteiger partial charge in [0.1, 0.15) is 12.4 Å². The van der Waals surface area contributed by atoms with Crippen LogP contribution in [0.5, 0.6) is 5.75 Å². The Kier molecular flexibility index (Phi) is 4.58. The van der Waals surface area contributed by atoms with Crippen LogP contribution in [0.4, 0.5) is 0 Å². The predicted octanol–water partition coefficient (Wildman–Crippen LogP) is 1.66. The molecule has 0 aromatic heterocycles. The van der Waals surface area contributed by atoms with Gasteiger partial charge < -0.3 is 14.9 Å². The van der Waals surface area contributed by atoms with E-state index >= 15 is 0 Å². The molecular formula is C10H11BrO4. The van der Waals surface area contributed by atoms with Gasteiger partial charge in [-0.2, -0.15) is 0 Å². The summed E-state index contributed by atoms with van der Waals surface area (Å²) in [4.78, 5) is 10.3. The fourth-order valence-electron chi connectivity index (χ4n) is 1.01. The quantitative estimate of drug-likeness (QED) is 0.857. The molecule has 2 N–H and O–H groups in total. The van der Waals surface area contributed by atoms with E-state index in [0.717, 1.165) is 4.47 Å². The number of hydrogen-bond donors (Lipinski definition) is 2. The lowest BCUT2D eigenvalue weighted by Crippen LogP contribution is -2.21. The molecule has 1 aromatic carbocycles. The van der Waals surface area contributed by atoms with Gasteiger partial charge in [0.2, 0.25) is 0 Å². The van der Waals surface area contributed by atoms with E-state index in [9.17, 15) is 9.90 Å². The standard InChI is InChI=1S/C10H11BrO4/c11-7-2-1-3-9(4-7)15-6-8(12)5-10(13)14/h1-4,8,12H,5-6H2,(H,13,14). The number of aliphatic hydroxyl groups excluding tert-OH is 1. The molecule has 82 valence electrons. The Morgan fingerprint density at radius 1 is 1.53 bits per heavy atom. The Hall–Kier alpha value is -1.07. The van der Waals surface area contributed by atoms with E-state index in [1.54, 1.807) is 18.2 Å². The lowest BCUT2D eigenvalue weighted by Gasteiger charge is -2.10. The van der Waals surface area contributed by atoms with Crippen molar-refractivity contribution >= 4 is 21.9 Å². The summed E-state index contributed by atoms with van der Waals surface area (Å²) in [6.45, 7) is -0.0250. The fraction of sp³-hybridized carbons (Fsp3) is 0.300. The Morgan fingerprint density at radius 2 is 2.27 bits per heavy atom. The van der Waals surface area contributed by atoms with Crippen LogP contribution in [-0.4, -0.2) is 28.9 Å². The zero-order valence-electron chi connectivity index (χ0n) is 7.89. The molecule has 5 heteroatoms. The van der Waals surface area contributed by atoms with Crippen molar-refractivity contribution in [3.8, 4) is 5.75 Å². The van der Waals surface area contributed by atoms with Crippen LogP contribution >= 0.6 is 15.9 Å². The zero-order valence-corrected chi connectivity index (χ0v) is 9.48. The van der Waals surface area contributed by atoms with Gasteiger partial charge in [-0.25, -0.2) is 0 Å². The molecule has 0 spiro atoms. The molecule has 0 aliphatic heterocycles. The van der Waals surface area contributed by atoms with Crippen molar-refractivity contribution in [1.29, 1.82) is 0 Å². The number of ether oxygens (including phenoxy) is 1. The van der Waals surface area contributed by atoms with Crippen LogP contribution in [-0.2, 0) is 4.79 Å². The average Bonchev–Trinajstić information content (AvgIpc) is 2.14. The third-order valence-corrected chi connectivity index (χ3v) is 2.14. The highest BCUT2D eigenvalue weighted by atomic mass is 79.9.